The fourth-order valence-corrected chi connectivity index (χ4v) is 1.85. The van der Waals surface area contributed by atoms with Crippen LogP contribution < -0.4 is 0 Å². The van der Waals surface area contributed by atoms with Crippen molar-refractivity contribution in [1.82, 2.24) is 9.97 Å². The molecule has 5 heteroatoms. The number of aromatic carboxylic acids is 1. The molecule has 0 spiro atoms. The highest BCUT2D eigenvalue weighted by molar-refractivity contribution is 9.10. The minimum Gasteiger partial charge on any atom is -0.476 e. The average molecular weight is 267 g/mol. The molecule has 0 aliphatic rings. The van der Waals surface area contributed by atoms with E-state index >= 15 is 0 Å². The monoisotopic (exact) mass is 266 g/mol. The molecule has 2 aromatic rings. The molecular formula is C10H7BrN2O2. The maximum Gasteiger partial charge on any atom is 0.355 e. The van der Waals surface area contributed by atoms with Crippen molar-refractivity contribution in [1.29, 1.82) is 0 Å². The van der Waals surface area contributed by atoms with Crippen LogP contribution in [-0.4, -0.2) is 21.0 Å². The minimum atomic E-state index is -1.04. The highest BCUT2D eigenvalue weighted by Crippen LogP contribution is 2.23. The number of nitrogens with zero attached hydrogens (tertiary/aromatic N) is 2. The van der Waals surface area contributed by atoms with Crippen molar-refractivity contribution in [3.63, 3.8) is 0 Å². The number of rotatable bonds is 1. The maximum atomic E-state index is 11.0. The summed E-state index contributed by atoms with van der Waals surface area (Å²) in [6.45, 7) is 1.67. The third-order valence-corrected chi connectivity index (χ3v) is 2.63. The van der Waals surface area contributed by atoms with Gasteiger partial charge in [-0.15, -0.1) is 0 Å². The summed E-state index contributed by atoms with van der Waals surface area (Å²) in [5, 5.41) is 9.54. The Hall–Kier alpha value is -1.49. The van der Waals surface area contributed by atoms with Crippen molar-refractivity contribution in [2.24, 2.45) is 0 Å². The van der Waals surface area contributed by atoms with Crippen LogP contribution in [0.15, 0.2) is 22.7 Å². The maximum absolute atomic E-state index is 11.0. The molecule has 0 saturated heterocycles. The van der Waals surface area contributed by atoms with Crippen molar-refractivity contribution >= 4 is 32.8 Å². The molecule has 0 radical (unpaired) electrons. The molecule has 15 heavy (non-hydrogen) atoms. The molecule has 0 fully saturated rings. The summed E-state index contributed by atoms with van der Waals surface area (Å²) in [4.78, 5) is 19.1. The Morgan fingerprint density at radius 2 is 2.13 bits per heavy atom. The highest BCUT2D eigenvalue weighted by atomic mass is 79.9. The molecule has 0 bridgehead atoms. The van der Waals surface area contributed by atoms with E-state index in [2.05, 4.69) is 25.9 Å². The van der Waals surface area contributed by atoms with E-state index < -0.39 is 5.97 Å². The lowest BCUT2D eigenvalue weighted by molar-refractivity contribution is 0.0692. The van der Waals surface area contributed by atoms with Gasteiger partial charge in [-0.2, -0.15) is 0 Å². The van der Waals surface area contributed by atoms with Gasteiger partial charge in [0.05, 0.1) is 5.52 Å². The summed E-state index contributed by atoms with van der Waals surface area (Å²) in [5.74, 6) is -0.588. The summed E-state index contributed by atoms with van der Waals surface area (Å²) in [5.41, 5.74) is 0.668. The molecule has 0 aliphatic carbocycles. The van der Waals surface area contributed by atoms with Gasteiger partial charge in [0.25, 0.3) is 0 Å². The normalized spacial score (nSPS) is 10.5. The summed E-state index contributed by atoms with van der Waals surface area (Å²) < 4.78 is 0.771. The molecule has 1 heterocycles. The molecular weight excluding hydrogens is 260 g/mol. The second kappa shape index (κ2) is 3.58. The third kappa shape index (κ3) is 1.70. The van der Waals surface area contributed by atoms with E-state index in [1.54, 1.807) is 19.1 Å². The molecule has 0 unspecified atom stereocenters. The Bertz CT molecular complexity index is 554. The number of aryl methyl sites for hydroxylation is 1. The number of carboxylic acids is 1. The van der Waals surface area contributed by atoms with Gasteiger partial charge < -0.3 is 5.11 Å². The van der Waals surface area contributed by atoms with Gasteiger partial charge >= 0.3 is 5.97 Å². The van der Waals surface area contributed by atoms with Gasteiger partial charge in [-0.05, 0) is 28.9 Å². The zero-order valence-electron chi connectivity index (χ0n) is 7.86. The van der Waals surface area contributed by atoms with Crippen LogP contribution in [0.1, 0.15) is 16.3 Å². The number of aromatic nitrogens is 2. The van der Waals surface area contributed by atoms with E-state index in [-0.39, 0.29) is 5.69 Å². The van der Waals surface area contributed by atoms with Gasteiger partial charge in [0.15, 0.2) is 5.69 Å². The smallest absolute Gasteiger partial charge is 0.355 e. The predicted octanol–water partition coefficient (Wildman–Crippen LogP) is 2.40. The number of benzene rings is 1. The fourth-order valence-electron chi connectivity index (χ4n) is 1.39. The molecule has 0 aliphatic heterocycles. The Labute approximate surface area is 94.1 Å². The van der Waals surface area contributed by atoms with E-state index in [1.807, 2.05) is 6.07 Å². The van der Waals surface area contributed by atoms with Crippen LogP contribution in [0, 0.1) is 6.92 Å². The van der Waals surface area contributed by atoms with E-state index in [9.17, 15) is 4.79 Å². The molecule has 1 aromatic heterocycles. The Balaban J connectivity index is 2.92. The first kappa shape index (κ1) is 10.0. The molecule has 1 aromatic carbocycles. The number of halogens is 1. The molecule has 0 atom stereocenters. The van der Waals surface area contributed by atoms with Gasteiger partial charge in [-0.25, -0.2) is 14.8 Å². The van der Waals surface area contributed by atoms with Crippen LogP contribution >= 0.6 is 15.9 Å². The van der Waals surface area contributed by atoms with Crippen LogP contribution in [0.3, 0.4) is 0 Å². The topological polar surface area (TPSA) is 63.1 Å². The second-order valence-corrected chi connectivity index (χ2v) is 3.91. The van der Waals surface area contributed by atoms with Crippen LogP contribution in [0.25, 0.3) is 10.9 Å². The summed E-state index contributed by atoms with van der Waals surface area (Å²) in [6, 6.07) is 5.28. The first-order chi connectivity index (χ1) is 7.09. The van der Waals surface area contributed by atoms with Crippen molar-refractivity contribution in [2.75, 3.05) is 0 Å². The van der Waals surface area contributed by atoms with E-state index in [0.717, 1.165) is 4.47 Å². The minimum absolute atomic E-state index is 0.0406. The Morgan fingerprint density at radius 3 is 2.80 bits per heavy atom. The molecule has 4 nitrogen and oxygen atoms in total. The lowest BCUT2D eigenvalue weighted by Crippen LogP contribution is -2.04. The van der Waals surface area contributed by atoms with Gasteiger partial charge in [0, 0.05) is 9.86 Å². The number of para-hydroxylation sites is 1. The number of carboxylic acid groups (broad SMARTS) is 1. The summed E-state index contributed by atoms with van der Waals surface area (Å²) >= 11 is 3.33. The van der Waals surface area contributed by atoms with Crippen LogP contribution in [0.2, 0.25) is 0 Å². The number of carbonyl (C=O) groups is 1. The molecule has 0 amide bonds. The lowest BCUT2D eigenvalue weighted by atomic mass is 10.2. The van der Waals surface area contributed by atoms with Crippen LogP contribution in [0.5, 0.6) is 0 Å². The zero-order valence-corrected chi connectivity index (χ0v) is 9.45. The first-order valence-corrected chi connectivity index (χ1v) is 5.05. The highest BCUT2D eigenvalue weighted by Gasteiger charge is 2.13. The van der Waals surface area contributed by atoms with Crippen molar-refractivity contribution in [3.8, 4) is 0 Å². The van der Waals surface area contributed by atoms with Crippen molar-refractivity contribution in [2.45, 2.75) is 6.92 Å². The van der Waals surface area contributed by atoms with E-state index in [0.29, 0.717) is 16.7 Å². The quantitative estimate of drug-likeness (QED) is 0.861. The zero-order chi connectivity index (χ0) is 11.0. The summed E-state index contributed by atoms with van der Waals surface area (Å²) in [7, 11) is 0. The Kier molecular flexibility index (Phi) is 2.40. The molecule has 0 saturated carbocycles. The van der Waals surface area contributed by atoms with E-state index in [1.165, 1.54) is 0 Å². The molecule has 1 N–H and O–H groups in total. The summed E-state index contributed by atoms with van der Waals surface area (Å²) in [6.07, 6.45) is 0. The number of hydrogen-bond donors (Lipinski definition) is 1. The van der Waals surface area contributed by atoms with Gasteiger partial charge in [-0.3, -0.25) is 0 Å². The first-order valence-electron chi connectivity index (χ1n) is 4.26. The SMILES string of the molecule is Cc1nc(C(=O)O)c2cccc(Br)c2n1. The molecule has 2 rings (SSSR count). The fraction of sp³-hybridized carbons (Fsp3) is 0.100. The molecule has 76 valence electrons. The van der Waals surface area contributed by atoms with Crippen molar-refractivity contribution < 1.29 is 9.90 Å². The lowest BCUT2D eigenvalue weighted by Gasteiger charge is -2.04. The van der Waals surface area contributed by atoms with Crippen molar-refractivity contribution in [3.05, 3.63) is 34.2 Å². The number of fused-ring (bicyclic) bond motifs is 1. The van der Waals surface area contributed by atoms with Gasteiger partial charge in [0.2, 0.25) is 0 Å². The second-order valence-electron chi connectivity index (χ2n) is 3.06. The Morgan fingerprint density at radius 1 is 1.40 bits per heavy atom. The van der Waals surface area contributed by atoms with Gasteiger partial charge in [0.1, 0.15) is 5.82 Å². The van der Waals surface area contributed by atoms with Crippen LogP contribution in [-0.2, 0) is 0 Å². The van der Waals surface area contributed by atoms with Crippen LogP contribution in [0.4, 0.5) is 0 Å². The van der Waals surface area contributed by atoms with E-state index in [4.69, 9.17) is 5.11 Å². The third-order valence-electron chi connectivity index (χ3n) is 1.99. The number of hydrogen-bond acceptors (Lipinski definition) is 3. The average Bonchev–Trinajstić information content (AvgIpc) is 2.18. The largest absolute Gasteiger partial charge is 0.476 e. The standard InChI is InChI=1S/C10H7BrN2O2/c1-5-12-8-6(3-2-4-7(8)11)9(13-5)10(14)15/h2-4H,1H3,(H,14,15). The predicted molar refractivity (Wildman–Crippen MR) is 58.9 cm³/mol. The van der Waals surface area contributed by atoms with Gasteiger partial charge in [-0.1, -0.05) is 12.1 Å².